The number of alkyl halides is 3. The Balaban J connectivity index is 2.73. The van der Waals surface area contributed by atoms with Crippen LogP contribution >= 0.6 is 23.2 Å². The van der Waals surface area contributed by atoms with Gasteiger partial charge in [0.05, 0.1) is 9.95 Å². The lowest BCUT2D eigenvalue weighted by Gasteiger charge is -2.14. The maximum atomic E-state index is 13.0. The molecule has 0 amide bonds. The average molecular weight is 369 g/mol. The Labute approximate surface area is 135 Å². The van der Waals surface area contributed by atoms with Crippen LogP contribution in [0.15, 0.2) is 29.2 Å². The predicted octanol–water partition coefficient (Wildman–Crippen LogP) is 4.40. The molecule has 1 N–H and O–H groups in total. The number of hydrogen-bond acceptors (Lipinski definition) is 4. The van der Waals surface area contributed by atoms with Crippen molar-refractivity contribution in [3.63, 3.8) is 0 Å². The fourth-order valence-corrected chi connectivity index (χ4v) is 1.99. The highest BCUT2D eigenvalue weighted by Gasteiger charge is 2.40. The van der Waals surface area contributed by atoms with Crippen LogP contribution < -0.4 is 10.3 Å². The molecule has 2 rings (SSSR count). The third-order valence-corrected chi connectivity index (χ3v) is 3.44. The lowest BCUT2D eigenvalue weighted by Crippen LogP contribution is -2.18. The Bertz CT molecular complexity index is 836. The van der Waals surface area contributed by atoms with Gasteiger partial charge in [-0.05, 0) is 12.1 Å². The van der Waals surface area contributed by atoms with Crippen LogP contribution in [-0.2, 0) is 6.18 Å². The van der Waals surface area contributed by atoms with E-state index < -0.39 is 33.7 Å². The van der Waals surface area contributed by atoms with Crippen molar-refractivity contribution >= 4 is 28.9 Å². The molecule has 0 radical (unpaired) electrons. The van der Waals surface area contributed by atoms with Crippen LogP contribution in [0.25, 0.3) is 0 Å². The Kier molecular flexibility index (Phi) is 4.53. The second-order valence-electron chi connectivity index (χ2n) is 4.12. The molecule has 0 spiro atoms. The molecule has 1 heterocycles. The molecule has 11 heteroatoms. The van der Waals surface area contributed by atoms with E-state index in [9.17, 15) is 28.1 Å². The van der Waals surface area contributed by atoms with Crippen LogP contribution in [-0.4, -0.2) is 9.91 Å². The number of H-pyrrole nitrogens is 1. The van der Waals surface area contributed by atoms with E-state index in [4.69, 9.17) is 27.9 Å². The SMILES string of the molecule is O=c1[nH]cc(C(F)(F)F)c(Oc2cccc(Cl)c2Cl)c1[N+](=O)[O-]. The second-order valence-corrected chi connectivity index (χ2v) is 4.90. The van der Waals surface area contributed by atoms with Gasteiger partial charge in [-0.25, -0.2) is 0 Å². The van der Waals surface area contributed by atoms with E-state index in [0.717, 1.165) is 6.07 Å². The fraction of sp³-hybridized carbons (Fsp3) is 0.0833. The van der Waals surface area contributed by atoms with Gasteiger partial charge >= 0.3 is 17.4 Å². The first-order valence-electron chi connectivity index (χ1n) is 5.72. The number of rotatable bonds is 3. The van der Waals surface area contributed by atoms with E-state index in [2.05, 4.69) is 0 Å². The van der Waals surface area contributed by atoms with Crippen LogP contribution in [0.1, 0.15) is 5.56 Å². The van der Waals surface area contributed by atoms with Crippen LogP contribution in [0, 0.1) is 10.1 Å². The van der Waals surface area contributed by atoms with Crippen molar-refractivity contribution in [2.45, 2.75) is 6.18 Å². The first kappa shape index (κ1) is 17.1. The highest BCUT2D eigenvalue weighted by molar-refractivity contribution is 6.42. The number of aromatic amines is 1. The predicted molar refractivity (Wildman–Crippen MR) is 75.3 cm³/mol. The number of ether oxygens (including phenoxy) is 1. The summed E-state index contributed by atoms with van der Waals surface area (Å²) >= 11 is 11.5. The van der Waals surface area contributed by atoms with E-state index in [-0.39, 0.29) is 22.0 Å². The first-order chi connectivity index (χ1) is 10.6. The van der Waals surface area contributed by atoms with Crippen molar-refractivity contribution in [2.24, 2.45) is 0 Å². The summed E-state index contributed by atoms with van der Waals surface area (Å²) in [5.41, 5.74) is -4.27. The van der Waals surface area contributed by atoms with Crippen molar-refractivity contribution in [1.82, 2.24) is 4.98 Å². The molecule has 0 saturated carbocycles. The van der Waals surface area contributed by atoms with Crippen LogP contribution in [0.2, 0.25) is 10.0 Å². The first-order valence-corrected chi connectivity index (χ1v) is 6.47. The monoisotopic (exact) mass is 368 g/mol. The fourth-order valence-electron chi connectivity index (χ4n) is 1.65. The number of hydrogen-bond donors (Lipinski definition) is 1. The van der Waals surface area contributed by atoms with Gasteiger partial charge in [0.25, 0.3) is 0 Å². The van der Waals surface area contributed by atoms with Gasteiger partial charge in [-0.15, -0.1) is 0 Å². The molecule has 6 nitrogen and oxygen atoms in total. The largest absolute Gasteiger partial charge is 0.448 e. The molecular weight excluding hydrogens is 364 g/mol. The zero-order valence-corrected chi connectivity index (χ0v) is 12.3. The molecule has 1 aromatic heterocycles. The lowest BCUT2D eigenvalue weighted by molar-refractivity contribution is -0.387. The molecule has 0 unspecified atom stereocenters. The number of nitrogens with one attached hydrogen (secondary N) is 1. The Morgan fingerprint density at radius 3 is 2.48 bits per heavy atom. The van der Waals surface area contributed by atoms with Crippen LogP contribution in [0.4, 0.5) is 18.9 Å². The second kappa shape index (κ2) is 6.09. The zero-order valence-electron chi connectivity index (χ0n) is 10.8. The quantitative estimate of drug-likeness (QED) is 0.642. The minimum Gasteiger partial charge on any atom is -0.448 e. The highest BCUT2D eigenvalue weighted by atomic mass is 35.5. The maximum Gasteiger partial charge on any atom is 0.421 e. The summed E-state index contributed by atoms with van der Waals surface area (Å²) in [6.45, 7) is 0. The number of nitro groups is 1. The summed E-state index contributed by atoms with van der Waals surface area (Å²) in [7, 11) is 0. The Hall–Kier alpha value is -2.26. The summed E-state index contributed by atoms with van der Waals surface area (Å²) in [4.78, 5) is 22.8. The van der Waals surface area contributed by atoms with E-state index in [1.165, 1.54) is 12.1 Å². The van der Waals surface area contributed by atoms with Gasteiger partial charge in [-0.1, -0.05) is 29.3 Å². The van der Waals surface area contributed by atoms with Gasteiger partial charge in [0, 0.05) is 6.20 Å². The highest BCUT2D eigenvalue weighted by Crippen LogP contribution is 2.43. The number of aromatic nitrogens is 1. The normalized spacial score (nSPS) is 11.3. The average Bonchev–Trinajstić information content (AvgIpc) is 2.42. The smallest absolute Gasteiger partial charge is 0.421 e. The van der Waals surface area contributed by atoms with Crippen LogP contribution in [0.3, 0.4) is 0 Å². The standard InChI is InChI=1S/C12H5Cl2F3N2O4/c13-6-2-1-3-7(8(6)14)23-10-5(12(15,16)17)4-18-11(20)9(10)19(21)22/h1-4H,(H,18,20). The molecule has 2 aromatic rings. The third kappa shape index (κ3) is 3.40. The molecule has 23 heavy (non-hydrogen) atoms. The van der Waals surface area contributed by atoms with Gasteiger partial charge < -0.3 is 9.72 Å². The van der Waals surface area contributed by atoms with E-state index in [1.54, 1.807) is 4.98 Å². The molecule has 0 aliphatic carbocycles. The molecular formula is C12H5Cl2F3N2O4. The van der Waals surface area contributed by atoms with Crippen molar-refractivity contribution in [2.75, 3.05) is 0 Å². The van der Waals surface area contributed by atoms with Crippen LogP contribution in [0.5, 0.6) is 11.5 Å². The van der Waals surface area contributed by atoms with Gasteiger partial charge in [0.1, 0.15) is 16.3 Å². The summed E-state index contributed by atoms with van der Waals surface area (Å²) in [5.74, 6) is -1.63. The number of pyridine rings is 1. The molecule has 122 valence electrons. The van der Waals surface area contributed by atoms with Gasteiger partial charge in [0.2, 0.25) is 5.75 Å². The molecule has 0 aliphatic heterocycles. The number of nitrogens with zero attached hydrogens (tertiary/aromatic N) is 1. The topological polar surface area (TPSA) is 85.2 Å². The maximum absolute atomic E-state index is 13.0. The number of halogens is 5. The molecule has 0 saturated heterocycles. The van der Waals surface area contributed by atoms with E-state index in [1.807, 2.05) is 0 Å². The summed E-state index contributed by atoms with van der Waals surface area (Å²) < 4.78 is 44.0. The van der Waals surface area contributed by atoms with Crippen molar-refractivity contribution in [3.05, 3.63) is 60.5 Å². The van der Waals surface area contributed by atoms with Crippen molar-refractivity contribution in [3.8, 4) is 11.5 Å². The Morgan fingerprint density at radius 1 is 1.26 bits per heavy atom. The minimum absolute atomic E-state index is 0.0368. The van der Waals surface area contributed by atoms with E-state index in [0.29, 0.717) is 0 Å². The molecule has 0 bridgehead atoms. The molecule has 1 aromatic carbocycles. The van der Waals surface area contributed by atoms with Crippen molar-refractivity contribution < 1.29 is 22.8 Å². The summed E-state index contributed by atoms with van der Waals surface area (Å²) in [5, 5.41) is 10.7. The van der Waals surface area contributed by atoms with E-state index >= 15 is 0 Å². The summed E-state index contributed by atoms with van der Waals surface area (Å²) in [6, 6.07) is 3.81. The molecule has 0 fully saturated rings. The lowest BCUT2D eigenvalue weighted by atomic mass is 10.2. The third-order valence-electron chi connectivity index (χ3n) is 2.64. The molecule has 0 atom stereocenters. The summed E-state index contributed by atoms with van der Waals surface area (Å²) in [6.07, 6.45) is -4.72. The van der Waals surface area contributed by atoms with Gasteiger partial charge in [-0.3, -0.25) is 14.9 Å². The van der Waals surface area contributed by atoms with Gasteiger partial charge in [0.15, 0.2) is 0 Å². The Morgan fingerprint density at radius 2 is 1.91 bits per heavy atom. The molecule has 0 aliphatic rings. The minimum atomic E-state index is -5.00. The zero-order chi connectivity index (χ0) is 17.4. The number of benzene rings is 1. The van der Waals surface area contributed by atoms with Crippen molar-refractivity contribution in [1.29, 1.82) is 0 Å². The van der Waals surface area contributed by atoms with Gasteiger partial charge in [-0.2, -0.15) is 13.2 Å².